The summed E-state index contributed by atoms with van der Waals surface area (Å²) in [6.07, 6.45) is -4.53. The van der Waals surface area contributed by atoms with Crippen molar-refractivity contribution in [3.8, 4) is 0 Å². The summed E-state index contributed by atoms with van der Waals surface area (Å²) in [6.45, 7) is 7.22. The molecule has 0 radical (unpaired) electrons. The van der Waals surface area contributed by atoms with E-state index < -0.39 is 23.6 Å². The lowest BCUT2D eigenvalue weighted by Crippen LogP contribution is -2.62. The summed E-state index contributed by atoms with van der Waals surface area (Å²) in [5.41, 5.74) is 5.94. The van der Waals surface area contributed by atoms with Gasteiger partial charge in [0, 0.05) is 22.5 Å². The number of halogens is 4. The number of alkyl halides is 3. The van der Waals surface area contributed by atoms with E-state index in [1.54, 1.807) is 37.3 Å². The summed E-state index contributed by atoms with van der Waals surface area (Å²) in [6, 6.07) is 10.3. The highest BCUT2D eigenvalue weighted by molar-refractivity contribution is 7.99. The number of hydrogen-bond acceptors (Lipinski definition) is 4. The molecule has 0 aliphatic rings. The van der Waals surface area contributed by atoms with Gasteiger partial charge < -0.3 is 11.1 Å². The van der Waals surface area contributed by atoms with E-state index in [-0.39, 0.29) is 28.6 Å². The van der Waals surface area contributed by atoms with Gasteiger partial charge in [0.05, 0.1) is 11.6 Å². The highest BCUT2D eigenvalue weighted by atomic mass is 32.2. The molecule has 34 heavy (non-hydrogen) atoms. The van der Waals surface area contributed by atoms with Crippen LogP contribution in [-0.4, -0.2) is 27.7 Å². The normalized spacial score (nSPS) is 14.9. The van der Waals surface area contributed by atoms with Crippen LogP contribution in [0.4, 0.5) is 23.2 Å². The summed E-state index contributed by atoms with van der Waals surface area (Å²) in [7, 11) is 2.37. The number of hydrogen-bond donors (Lipinski definition) is 2. The Morgan fingerprint density at radius 3 is 2.47 bits per heavy atom. The zero-order valence-corrected chi connectivity index (χ0v) is 21.6. The van der Waals surface area contributed by atoms with Gasteiger partial charge in [-0.05, 0) is 71.4 Å². The number of anilines is 1. The summed E-state index contributed by atoms with van der Waals surface area (Å²) < 4.78 is 59.0. The van der Waals surface area contributed by atoms with Gasteiger partial charge >= 0.3 is 6.18 Å². The van der Waals surface area contributed by atoms with Gasteiger partial charge in [-0.2, -0.15) is 24.9 Å². The Kier molecular flexibility index (Phi) is 8.16. The van der Waals surface area contributed by atoms with E-state index in [9.17, 15) is 17.6 Å². The van der Waals surface area contributed by atoms with Gasteiger partial charge in [-0.1, -0.05) is 26.8 Å². The number of fused-ring (bicyclic) bond motifs is 1. The lowest BCUT2D eigenvalue weighted by atomic mass is 9.83. The third-order valence-electron chi connectivity index (χ3n) is 5.79. The van der Waals surface area contributed by atoms with Crippen LogP contribution in [0.15, 0.2) is 42.5 Å². The molecule has 0 aliphatic carbocycles. The first kappa shape index (κ1) is 26.7. The molecule has 0 amide bonds. The first-order valence-electron chi connectivity index (χ1n) is 11.0. The highest BCUT2D eigenvalue weighted by Gasteiger charge is 2.58. The minimum absolute atomic E-state index is 0.0638. The van der Waals surface area contributed by atoms with Gasteiger partial charge in [0.1, 0.15) is 11.4 Å². The molecule has 2 aromatic carbocycles. The summed E-state index contributed by atoms with van der Waals surface area (Å²) in [5, 5.41) is 4.14. The van der Waals surface area contributed by atoms with E-state index in [0.29, 0.717) is 21.9 Å². The molecule has 3 rings (SSSR count). The maximum absolute atomic E-state index is 14.9. The fourth-order valence-electron chi connectivity index (χ4n) is 3.97. The van der Waals surface area contributed by atoms with Crippen molar-refractivity contribution in [3.63, 3.8) is 0 Å². The van der Waals surface area contributed by atoms with Gasteiger partial charge in [-0.25, -0.2) is 4.39 Å². The molecule has 184 valence electrons. The SMILES string of the molecule is CCc1c(F)cc(P)cc1C(Nc1cccc2nc(C)ccc12)C(N)(CSC(C)C)C(F)(F)F. The summed E-state index contributed by atoms with van der Waals surface area (Å²) in [4.78, 5) is 4.49. The van der Waals surface area contributed by atoms with Gasteiger partial charge in [-0.3, -0.25) is 4.98 Å². The third kappa shape index (κ3) is 5.50. The molecule has 9 heteroatoms. The van der Waals surface area contributed by atoms with E-state index in [4.69, 9.17) is 5.73 Å². The Morgan fingerprint density at radius 2 is 1.85 bits per heavy atom. The molecule has 3 nitrogen and oxygen atoms in total. The van der Waals surface area contributed by atoms with Gasteiger partial charge in [-0.15, -0.1) is 9.24 Å². The lowest BCUT2D eigenvalue weighted by molar-refractivity contribution is -0.183. The first-order chi connectivity index (χ1) is 15.9. The molecule has 0 saturated carbocycles. The van der Waals surface area contributed by atoms with Crippen molar-refractivity contribution in [1.29, 1.82) is 0 Å². The van der Waals surface area contributed by atoms with Gasteiger partial charge in [0.2, 0.25) is 0 Å². The van der Waals surface area contributed by atoms with Crippen molar-refractivity contribution in [2.24, 2.45) is 5.73 Å². The average Bonchev–Trinajstić information content (AvgIpc) is 2.74. The molecule has 3 aromatic rings. The van der Waals surface area contributed by atoms with Crippen LogP contribution in [0.5, 0.6) is 0 Å². The Balaban J connectivity index is 2.27. The fraction of sp³-hybridized carbons (Fsp3) is 0.400. The number of nitrogens with one attached hydrogen (secondary N) is 1. The van der Waals surface area contributed by atoms with Crippen LogP contribution in [0.2, 0.25) is 0 Å². The molecule has 3 atom stereocenters. The van der Waals surface area contributed by atoms with Crippen molar-refractivity contribution in [1.82, 2.24) is 4.98 Å². The van der Waals surface area contributed by atoms with Crippen LogP contribution in [0.3, 0.4) is 0 Å². The number of rotatable bonds is 8. The summed E-state index contributed by atoms with van der Waals surface area (Å²) >= 11 is 1.13. The Labute approximate surface area is 204 Å². The second-order valence-electron chi connectivity index (χ2n) is 8.72. The largest absolute Gasteiger partial charge is 0.409 e. The second-order valence-corrected chi connectivity index (χ2v) is 11.0. The number of pyridine rings is 1. The molecule has 3 unspecified atom stereocenters. The second kappa shape index (κ2) is 10.4. The molecule has 1 heterocycles. The zero-order valence-electron chi connectivity index (χ0n) is 19.6. The lowest BCUT2D eigenvalue weighted by Gasteiger charge is -2.41. The first-order valence-corrected chi connectivity index (χ1v) is 12.7. The molecule has 0 bridgehead atoms. The molecule has 0 spiro atoms. The Morgan fingerprint density at radius 1 is 1.15 bits per heavy atom. The van der Waals surface area contributed by atoms with Crippen molar-refractivity contribution >= 4 is 42.9 Å². The average molecular weight is 512 g/mol. The third-order valence-corrected chi connectivity index (χ3v) is 7.43. The topological polar surface area (TPSA) is 50.9 Å². The van der Waals surface area contributed by atoms with Crippen LogP contribution in [-0.2, 0) is 6.42 Å². The smallest absolute Gasteiger partial charge is 0.375 e. The summed E-state index contributed by atoms with van der Waals surface area (Å²) in [5.74, 6) is -0.937. The predicted molar refractivity (Wildman–Crippen MR) is 139 cm³/mol. The predicted octanol–water partition coefficient (Wildman–Crippen LogP) is 6.30. The maximum atomic E-state index is 14.9. The molecule has 0 fully saturated rings. The van der Waals surface area contributed by atoms with E-state index in [2.05, 4.69) is 19.5 Å². The number of aryl methyl sites for hydroxylation is 1. The standard InChI is InChI=1S/C25H30F4N3PS/c1-5-17-19(11-16(33)12-20(17)26)23(24(30,25(27,28)29)13-34-14(2)3)32-22-8-6-7-21-18(22)10-9-15(4)31-21/h6-12,14,23,32H,5,13,30,33H2,1-4H3. The van der Waals surface area contributed by atoms with E-state index in [1.807, 2.05) is 26.8 Å². The number of nitrogens with two attached hydrogens (primary N) is 1. The molecule has 0 saturated heterocycles. The van der Waals surface area contributed by atoms with Crippen molar-refractivity contribution in [3.05, 3.63) is 65.1 Å². The monoisotopic (exact) mass is 511 g/mol. The molecule has 0 aliphatic heterocycles. The quantitative estimate of drug-likeness (QED) is 0.275. The van der Waals surface area contributed by atoms with E-state index in [1.165, 1.54) is 6.07 Å². The van der Waals surface area contributed by atoms with Crippen LogP contribution in [0, 0.1) is 12.7 Å². The van der Waals surface area contributed by atoms with E-state index in [0.717, 1.165) is 17.5 Å². The van der Waals surface area contributed by atoms with Crippen LogP contribution < -0.4 is 16.4 Å². The zero-order chi connectivity index (χ0) is 25.3. The van der Waals surface area contributed by atoms with Crippen molar-refractivity contribution in [2.75, 3.05) is 11.1 Å². The van der Waals surface area contributed by atoms with Crippen LogP contribution >= 0.6 is 21.0 Å². The molecular formula is C25H30F4N3PS. The Hall–Kier alpha value is -1.89. The maximum Gasteiger partial charge on any atom is 0.409 e. The molecule has 3 N–H and O–H groups in total. The fourth-order valence-corrected chi connectivity index (χ4v) is 5.23. The molecule has 1 aromatic heterocycles. The number of nitrogens with zero attached hydrogens (tertiary/aromatic N) is 1. The highest BCUT2D eigenvalue weighted by Crippen LogP contribution is 2.44. The Bertz CT molecular complexity index is 1170. The minimum Gasteiger partial charge on any atom is -0.375 e. The van der Waals surface area contributed by atoms with Crippen molar-refractivity contribution < 1.29 is 17.6 Å². The molecular weight excluding hydrogens is 481 g/mol. The van der Waals surface area contributed by atoms with E-state index >= 15 is 0 Å². The number of benzene rings is 2. The van der Waals surface area contributed by atoms with Crippen LogP contribution in [0.1, 0.15) is 43.6 Å². The number of aromatic nitrogens is 1. The minimum atomic E-state index is -4.76. The van der Waals surface area contributed by atoms with Gasteiger partial charge in [0.25, 0.3) is 0 Å². The van der Waals surface area contributed by atoms with Crippen LogP contribution in [0.25, 0.3) is 10.9 Å². The van der Waals surface area contributed by atoms with Gasteiger partial charge in [0.15, 0.2) is 0 Å². The van der Waals surface area contributed by atoms with Crippen molar-refractivity contribution in [2.45, 2.75) is 57.1 Å². The number of thioether (sulfide) groups is 1.